The lowest BCUT2D eigenvalue weighted by atomic mass is 10.0. The number of benzene rings is 3. The van der Waals surface area contributed by atoms with E-state index < -0.39 is 189 Å². The lowest BCUT2D eigenvalue weighted by Crippen LogP contribution is -2.58. The number of aryl methyl sites for hydroxylation is 3. The molecule has 3 aliphatic heterocycles. The quantitative estimate of drug-likeness (QED) is 0.0399. The van der Waals surface area contributed by atoms with Gasteiger partial charge in [0.15, 0.2) is 69.8 Å². The van der Waals surface area contributed by atoms with Gasteiger partial charge in [0.05, 0.1) is 100 Å². The number of hydrogen-bond acceptors (Lipinski definition) is 18. The van der Waals surface area contributed by atoms with Gasteiger partial charge in [-0.15, -0.1) is 0 Å². The average Bonchev–Trinajstić information content (AvgIpc) is 0.725. The Balaban J connectivity index is 0.000000178. The molecule has 0 saturated carbocycles. The van der Waals surface area contributed by atoms with E-state index in [4.69, 9.17) is 34.8 Å². The molecule has 0 N–H and O–H groups in total. The van der Waals surface area contributed by atoms with Gasteiger partial charge in [0, 0.05) is 110 Å². The number of hydrogen-bond donors (Lipinski definition) is 0. The van der Waals surface area contributed by atoms with E-state index >= 15 is 26.3 Å². The predicted molar refractivity (Wildman–Crippen MR) is 501 cm³/mol. The first-order valence-corrected chi connectivity index (χ1v) is 44.7. The van der Waals surface area contributed by atoms with Gasteiger partial charge in [0.2, 0.25) is 35.2 Å². The fourth-order valence-electron chi connectivity index (χ4n) is 18.7. The summed E-state index contributed by atoms with van der Waals surface area (Å²) in [6, 6.07) is 11.8. The summed E-state index contributed by atoms with van der Waals surface area (Å²) in [6.45, 7) is 38.2. The minimum absolute atomic E-state index is 0.0825. The second-order valence-electron chi connectivity index (χ2n) is 35.0. The molecule has 0 unspecified atom stereocenters. The third-order valence-electron chi connectivity index (χ3n) is 24.7. The van der Waals surface area contributed by atoms with Crippen molar-refractivity contribution in [2.24, 2.45) is 0 Å². The van der Waals surface area contributed by atoms with Gasteiger partial charge in [-0.1, -0.05) is 96.1 Å². The summed E-state index contributed by atoms with van der Waals surface area (Å²) < 4.78 is 222. The zero-order valence-electron chi connectivity index (χ0n) is 77.8. The van der Waals surface area contributed by atoms with Crippen LogP contribution in [0.1, 0.15) is 151 Å². The van der Waals surface area contributed by atoms with Crippen LogP contribution in [0.4, 0.5) is 82.9 Å². The number of nitriles is 3. The molecule has 6 atom stereocenters. The summed E-state index contributed by atoms with van der Waals surface area (Å²) in [7, 11) is 0. The Hall–Kier alpha value is -14.5. The van der Waals surface area contributed by atoms with E-state index in [1.807, 2.05) is 59.8 Å². The van der Waals surface area contributed by atoms with Crippen LogP contribution in [-0.4, -0.2) is 152 Å². The Kier molecular flexibility index (Phi) is 29.7. The summed E-state index contributed by atoms with van der Waals surface area (Å²) in [5.74, 6) is -35.0. The van der Waals surface area contributed by atoms with E-state index in [9.17, 15) is 84.1 Å². The van der Waals surface area contributed by atoms with Gasteiger partial charge in [-0.25, -0.2) is 80.8 Å². The van der Waals surface area contributed by atoms with E-state index in [-0.39, 0.29) is 159 Å². The molecule has 3 aliphatic rings. The normalized spacial score (nSPS) is 16.6. The summed E-state index contributed by atoms with van der Waals surface area (Å²) in [6.07, 6.45) is 8.14. The Morgan fingerprint density at radius 3 is 0.723 bits per heavy atom. The second kappa shape index (κ2) is 40.4. The van der Waals surface area contributed by atoms with Gasteiger partial charge < -0.3 is 29.4 Å². The fraction of sp³-hybridized carbons (Fsp3) is 0.303. The Morgan fingerprint density at radius 1 is 0.355 bits per heavy atom. The number of aromatic nitrogens is 9. The van der Waals surface area contributed by atoms with Crippen molar-refractivity contribution in [2.75, 3.05) is 54.0 Å². The zero-order chi connectivity index (χ0) is 104. The van der Waals surface area contributed by atoms with E-state index in [2.05, 4.69) is 49.6 Å². The zero-order valence-corrected chi connectivity index (χ0v) is 80.1. The number of fused-ring (bicyclic) bond motifs is 3. The van der Waals surface area contributed by atoms with Crippen LogP contribution in [0, 0.1) is 142 Å². The largest absolute Gasteiger partial charge is 0.366 e. The standard InChI is InChI=1S/3C33H28ClF5N6O2/c3*1-7-21(46)44-16(5)12-43(13-17(44)6)31-18-10-20(34)29(22-23(35)25(37)27(39)26(38)24(22)36)42-32(18)45(33(47)19(31)11-40)30-15(4)8-9-41-28(30)14(2)3/h3*7-10,14,16-17H,1,12-13H2,2-6H3/t3*16-,17+. The number of halogens is 18. The van der Waals surface area contributed by atoms with Crippen LogP contribution in [0.15, 0.2) is 107 Å². The van der Waals surface area contributed by atoms with E-state index in [1.165, 1.54) is 55.0 Å². The highest BCUT2D eigenvalue weighted by molar-refractivity contribution is 6.35. The molecule has 141 heavy (non-hydrogen) atoms. The molecule has 732 valence electrons. The molecule has 42 heteroatoms. The molecular weight excluding hydrogens is 1930 g/mol. The molecule has 3 amide bonds. The molecule has 12 heterocycles. The first-order chi connectivity index (χ1) is 66.5. The van der Waals surface area contributed by atoms with Crippen LogP contribution in [0.2, 0.25) is 15.1 Å². The molecule has 0 radical (unpaired) electrons. The number of carbonyl (C=O) groups is 3. The fourth-order valence-corrected chi connectivity index (χ4v) is 19.4. The van der Waals surface area contributed by atoms with Gasteiger partial charge in [0.25, 0.3) is 16.7 Å². The summed E-state index contributed by atoms with van der Waals surface area (Å²) in [5.41, 5.74) is -7.21. The van der Waals surface area contributed by atoms with Crippen LogP contribution >= 0.6 is 34.8 Å². The smallest absolute Gasteiger partial charge is 0.276 e. The van der Waals surface area contributed by atoms with Crippen LogP contribution in [0.5, 0.6) is 0 Å². The van der Waals surface area contributed by atoms with E-state index in [0.29, 0.717) is 33.8 Å². The maximum Gasteiger partial charge on any atom is 0.276 e. The van der Waals surface area contributed by atoms with Crippen LogP contribution in [0.3, 0.4) is 0 Å². The molecule has 9 aromatic heterocycles. The number of nitrogens with zero attached hydrogens (tertiary/aromatic N) is 18. The molecule has 0 bridgehead atoms. The number of pyridine rings is 9. The minimum Gasteiger partial charge on any atom is -0.366 e. The number of piperazine rings is 3. The molecule has 3 saturated heterocycles. The third-order valence-corrected chi connectivity index (χ3v) is 25.5. The second-order valence-corrected chi connectivity index (χ2v) is 36.3. The maximum absolute atomic E-state index is 15.1. The average molecular weight is 2010 g/mol. The monoisotopic (exact) mass is 2010 g/mol. The summed E-state index contributed by atoms with van der Waals surface area (Å²) >= 11 is 19.6. The van der Waals surface area contributed by atoms with Gasteiger partial charge in [-0.2, -0.15) is 15.8 Å². The third kappa shape index (κ3) is 17.8. The van der Waals surface area contributed by atoms with Gasteiger partial charge in [0.1, 0.15) is 51.8 Å². The lowest BCUT2D eigenvalue weighted by Gasteiger charge is -2.45. The number of anilines is 3. The Morgan fingerprint density at radius 2 is 0.546 bits per heavy atom. The molecule has 0 aliphatic carbocycles. The highest BCUT2D eigenvalue weighted by Crippen LogP contribution is 2.47. The van der Waals surface area contributed by atoms with Gasteiger partial charge >= 0.3 is 0 Å². The lowest BCUT2D eigenvalue weighted by molar-refractivity contribution is -0.131. The summed E-state index contributed by atoms with van der Waals surface area (Å²) in [5, 5.41) is 30.0. The highest BCUT2D eigenvalue weighted by Gasteiger charge is 2.43. The van der Waals surface area contributed by atoms with Crippen molar-refractivity contribution in [1.29, 1.82) is 15.8 Å². The van der Waals surface area contributed by atoms with Crippen molar-refractivity contribution in [2.45, 2.75) is 158 Å². The van der Waals surface area contributed by atoms with Crippen molar-refractivity contribution in [3.05, 3.63) is 277 Å². The molecule has 3 fully saturated rings. The van der Waals surface area contributed by atoms with Crippen LogP contribution in [-0.2, 0) is 14.4 Å². The molecular formula is C99H84Cl3F15N18O6. The van der Waals surface area contributed by atoms with E-state index in [1.54, 1.807) is 110 Å². The molecule has 15 rings (SSSR count). The van der Waals surface area contributed by atoms with Crippen molar-refractivity contribution in [3.8, 4) is 69.0 Å². The highest BCUT2D eigenvalue weighted by atomic mass is 35.5. The summed E-state index contributed by atoms with van der Waals surface area (Å²) in [4.78, 5) is 117. The first-order valence-electron chi connectivity index (χ1n) is 43.6. The van der Waals surface area contributed by atoms with E-state index in [0.717, 1.165) is 13.7 Å². The maximum atomic E-state index is 15.1. The molecule has 12 aromatic rings. The SMILES string of the molecule is C=CC(=O)N1[C@H](C)CN(c2c(C#N)c(=O)n(-c3c(C)ccnc3C(C)C)c3nc(-c4c(F)c(F)c(F)c(F)c4F)c(Cl)cc23)C[C@@H]1C.C=CC(=O)N1[C@H](C)CN(c2c(C#N)c(=O)n(-c3c(C)ccnc3C(C)C)c3nc(-c4c(F)c(F)c(F)c(F)c4F)c(Cl)cc23)C[C@@H]1C.C=CC(=O)N1[C@H](C)CN(c2c(C#N)c(=O)n(-c3c(C)ccnc3C(C)C)c3nc(-c4c(F)c(F)c(F)c(F)c4F)c(Cl)cc23)C[C@@H]1C. The van der Waals surface area contributed by atoms with Crippen molar-refractivity contribution in [1.82, 2.24) is 58.3 Å². The number of amides is 3. The molecule has 3 aromatic carbocycles. The molecule has 0 spiro atoms. The van der Waals surface area contributed by atoms with Crippen molar-refractivity contribution in [3.63, 3.8) is 0 Å². The topological polar surface area (TPSA) is 285 Å². The Bertz CT molecular complexity index is 6860. The van der Waals surface area contributed by atoms with Crippen molar-refractivity contribution < 1.29 is 80.2 Å². The van der Waals surface area contributed by atoms with Crippen molar-refractivity contribution >= 4 is 103 Å². The van der Waals surface area contributed by atoms with Gasteiger partial charge in [-0.05, 0) is 151 Å². The van der Waals surface area contributed by atoms with Crippen LogP contribution in [0.25, 0.3) is 83.9 Å². The number of rotatable bonds is 15. The minimum atomic E-state index is -2.36. The molecule has 24 nitrogen and oxygen atoms in total. The first kappa shape index (κ1) is 104. The number of carbonyl (C=O) groups excluding carboxylic acids is 3. The predicted octanol–water partition coefficient (Wildman–Crippen LogP) is 20.1. The Labute approximate surface area is 810 Å². The van der Waals surface area contributed by atoms with Crippen LogP contribution < -0.4 is 31.4 Å². The van der Waals surface area contributed by atoms with Gasteiger partial charge in [-0.3, -0.25) is 57.4 Å².